The predicted molar refractivity (Wildman–Crippen MR) is 70.0 cm³/mol. The highest BCUT2D eigenvalue weighted by atomic mass is 16.5. The molecule has 0 aliphatic carbocycles. The number of aliphatic carboxylic acids is 1. The van der Waals surface area contributed by atoms with Crippen LogP contribution in [0.5, 0.6) is 0 Å². The molecule has 1 atom stereocenters. The third-order valence-electron chi connectivity index (χ3n) is 2.68. The van der Waals surface area contributed by atoms with Crippen LogP contribution in [-0.2, 0) is 9.53 Å². The quantitative estimate of drug-likeness (QED) is 0.807. The summed E-state index contributed by atoms with van der Waals surface area (Å²) < 4.78 is 4.88. The maximum Gasteiger partial charge on any atom is 0.326 e. The van der Waals surface area contributed by atoms with Crippen molar-refractivity contribution < 1.29 is 14.6 Å². The second-order valence-electron chi connectivity index (χ2n) is 4.23. The number of nitriles is 1. The van der Waals surface area contributed by atoms with Crippen molar-refractivity contribution in [2.75, 3.05) is 19.0 Å². The molecule has 0 aliphatic rings. The van der Waals surface area contributed by atoms with Crippen LogP contribution in [0.25, 0.3) is 0 Å². The average Bonchev–Trinajstić information content (AvgIpc) is 2.33. The van der Waals surface area contributed by atoms with E-state index in [4.69, 9.17) is 15.1 Å². The van der Waals surface area contributed by atoms with Gasteiger partial charge >= 0.3 is 5.97 Å². The molecule has 6 nitrogen and oxygen atoms in total. The minimum atomic E-state index is -0.998. The molecule has 6 heteroatoms. The fourth-order valence-electron chi connectivity index (χ4n) is 1.74. The zero-order valence-electron chi connectivity index (χ0n) is 11.2. The lowest BCUT2D eigenvalue weighted by atomic mass is 10.1. The molecule has 1 rings (SSSR count). The molecule has 0 radical (unpaired) electrons. The zero-order valence-corrected chi connectivity index (χ0v) is 11.2. The predicted octanol–water partition coefficient (Wildman–Crippen LogP) is 1.47. The lowest BCUT2D eigenvalue weighted by molar-refractivity contribution is -0.138. The third-order valence-corrected chi connectivity index (χ3v) is 2.68. The molecule has 0 aromatic carbocycles. The Morgan fingerprint density at radius 1 is 1.63 bits per heavy atom. The van der Waals surface area contributed by atoms with E-state index in [1.807, 2.05) is 6.07 Å². The number of carbonyl (C=O) groups is 1. The number of hydrogen-bond donors (Lipinski definition) is 2. The van der Waals surface area contributed by atoms with Crippen LogP contribution in [0.3, 0.4) is 0 Å². The summed E-state index contributed by atoms with van der Waals surface area (Å²) in [7, 11) is 1.51. The van der Waals surface area contributed by atoms with E-state index in [-0.39, 0.29) is 0 Å². The van der Waals surface area contributed by atoms with Crippen LogP contribution < -0.4 is 5.32 Å². The van der Waals surface area contributed by atoms with Gasteiger partial charge in [-0.25, -0.2) is 9.78 Å². The molecule has 0 aliphatic heterocycles. The van der Waals surface area contributed by atoms with E-state index in [0.29, 0.717) is 24.4 Å². The second-order valence-corrected chi connectivity index (χ2v) is 4.23. The molecule has 1 aromatic heterocycles. The molecule has 0 fully saturated rings. The standard InChI is InChI=1S/C13H17N3O3/c1-8-6-9(2)15-12(10(8)7-14)16-11(13(17)18)4-5-19-3/h6,11H,4-5H2,1-3H3,(H,15,16)(H,17,18). The van der Waals surface area contributed by atoms with Crippen molar-refractivity contribution >= 4 is 11.8 Å². The van der Waals surface area contributed by atoms with Crippen LogP contribution in [0.1, 0.15) is 23.2 Å². The summed E-state index contributed by atoms with van der Waals surface area (Å²) in [5.74, 6) is -0.689. The fourth-order valence-corrected chi connectivity index (χ4v) is 1.74. The Morgan fingerprint density at radius 3 is 2.84 bits per heavy atom. The number of aryl methyl sites for hydroxylation is 2. The first-order chi connectivity index (χ1) is 8.99. The van der Waals surface area contributed by atoms with Gasteiger partial charge in [0.2, 0.25) is 0 Å². The third kappa shape index (κ3) is 3.93. The molecule has 19 heavy (non-hydrogen) atoms. The summed E-state index contributed by atoms with van der Waals surface area (Å²) in [6.07, 6.45) is 0.297. The summed E-state index contributed by atoms with van der Waals surface area (Å²) in [5, 5.41) is 21.1. The number of nitrogens with zero attached hydrogens (tertiary/aromatic N) is 2. The number of methoxy groups -OCH3 is 1. The Kier molecular flexibility index (Phi) is 5.27. The molecule has 1 heterocycles. The van der Waals surface area contributed by atoms with E-state index in [0.717, 1.165) is 11.3 Å². The van der Waals surface area contributed by atoms with Gasteiger partial charge in [0.05, 0.1) is 5.56 Å². The van der Waals surface area contributed by atoms with Gasteiger partial charge in [0.1, 0.15) is 17.9 Å². The first-order valence-electron chi connectivity index (χ1n) is 5.86. The number of pyridine rings is 1. The van der Waals surface area contributed by atoms with Gasteiger partial charge in [-0.3, -0.25) is 0 Å². The van der Waals surface area contributed by atoms with Crippen LogP contribution in [0.2, 0.25) is 0 Å². The van der Waals surface area contributed by atoms with E-state index in [1.165, 1.54) is 7.11 Å². The van der Waals surface area contributed by atoms with Crippen molar-refractivity contribution in [2.45, 2.75) is 26.3 Å². The molecule has 1 unspecified atom stereocenters. The van der Waals surface area contributed by atoms with Crippen LogP contribution >= 0.6 is 0 Å². The normalized spacial score (nSPS) is 11.7. The molecule has 1 aromatic rings. The Balaban J connectivity index is 3.02. The number of aromatic nitrogens is 1. The fraction of sp³-hybridized carbons (Fsp3) is 0.462. The molecule has 0 saturated carbocycles. The van der Waals surface area contributed by atoms with Crippen molar-refractivity contribution in [2.24, 2.45) is 0 Å². The lowest BCUT2D eigenvalue weighted by Crippen LogP contribution is -2.31. The van der Waals surface area contributed by atoms with Crippen molar-refractivity contribution in [3.63, 3.8) is 0 Å². The van der Waals surface area contributed by atoms with E-state index in [2.05, 4.69) is 10.3 Å². The number of rotatable bonds is 6. The Hall–Kier alpha value is -2.13. The minimum Gasteiger partial charge on any atom is -0.480 e. The Labute approximate surface area is 112 Å². The molecular formula is C13H17N3O3. The SMILES string of the molecule is COCCC(Nc1nc(C)cc(C)c1C#N)C(=O)O. The number of hydrogen-bond acceptors (Lipinski definition) is 5. The maximum atomic E-state index is 11.2. The van der Waals surface area contributed by atoms with E-state index < -0.39 is 12.0 Å². The van der Waals surface area contributed by atoms with Gasteiger partial charge in [-0.05, 0) is 25.5 Å². The zero-order chi connectivity index (χ0) is 14.4. The molecule has 2 N–H and O–H groups in total. The highest BCUT2D eigenvalue weighted by Gasteiger charge is 2.19. The van der Waals surface area contributed by atoms with Gasteiger partial charge in [-0.15, -0.1) is 0 Å². The van der Waals surface area contributed by atoms with Crippen LogP contribution in [0.15, 0.2) is 6.07 Å². The van der Waals surface area contributed by atoms with Gasteiger partial charge < -0.3 is 15.2 Å². The summed E-state index contributed by atoms with van der Waals surface area (Å²) in [4.78, 5) is 15.3. The first-order valence-corrected chi connectivity index (χ1v) is 5.86. The molecule has 0 saturated heterocycles. The van der Waals surface area contributed by atoms with Crippen LogP contribution in [0, 0.1) is 25.2 Å². The van der Waals surface area contributed by atoms with E-state index in [9.17, 15) is 4.79 Å². The number of carboxylic acids is 1. The smallest absolute Gasteiger partial charge is 0.326 e. The Morgan fingerprint density at radius 2 is 2.32 bits per heavy atom. The summed E-state index contributed by atoms with van der Waals surface area (Å²) in [6, 6.07) is 3.00. The summed E-state index contributed by atoms with van der Waals surface area (Å²) in [5.41, 5.74) is 1.87. The van der Waals surface area contributed by atoms with Gasteiger partial charge in [0.15, 0.2) is 0 Å². The van der Waals surface area contributed by atoms with Crippen molar-refractivity contribution in [3.8, 4) is 6.07 Å². The van der Waals surface area contributed by atoms with Crippen molar-refractivity contribution in [3.05, 3.63) is 22.9 Å². The largest absolute Gasteiger partial charge is 0.480 e. The van der Waals surface area contributed by atoms with Gasteiger partial charge in [0, 0.05) is 25.8 Å². The lowest BCUT2D eigenvalue weighted by Gasteiger charge is -2.16. The summed E-state index contributed by atoms with van der Waals surface area (Å²) in [6.45, 7) is 3.91. The van der Waals surface area contributed by atoms with Gasteiger partial charge in [0.25, 0.3) is 0 Å². The molecule has 0 spiro atoms. The monoisotopic (exact) mass is 263 g/mol. The summed E-state index contributed by atoms with van der Waals surface area (Å²) >= 11 is 0. The molecule has 102 valence electrons. The molecular weight excluding hydrogens is 246 g/mol. The van der Waals surface area contributed by atoms with Crippen LogP contribution in [-0.4, -0.2) is 35.8 Å². The second kappa shape index (κ2) is 6.71. The van der Waals surface area contributed by atoms with Crippen molar-refractivity contribution in [1.29, 1.82) is 5.26 Å². The highest BCUT2D eigenvalue weighted by Crippen LogP contribution is 2.19. The average molecular weight is 263 g/mol. The Bertz CT molecular complexity index is 509. The van der Waals surface area contributed by atoms with E-state index >= 15 is 0 Å². The van der Waals surface area contributed by atoms with Crippen molar-refractivity contribution in [1.82, 2.24) is 4.98 Å². The minimum absolute atomic E-state index is 0.297. The molecule has 0 amide bonds. The highest BCUT2D eigenvalue weighted by molar-refractivity contribution is 5.77. The number of nitrogens with one attached hydrogen (secondary N) is 1. The van der Waals surface area contributed by atoms with Gasteiger partial charge in [-0.1, -0.05) is 0 Å². The topological polar surface area (TPSA) is 95.2 Å². The number of carboxylic acid groups (broad SMARTS) is 1. The van der Waals surface area contributed by atoms with Gasteiger partial charge in [-0.2, -0.15) is 5.26 Å². The first kappa shape index (κ1) is 14.9. The van der Waals surface area contributed by atoms with E-state index in [1.54, 1.807) is 19.9 Å². The van der Waals surface area contributed by atoms with Crippen LogP contribution in [0.4, 0.5) is 5.82 Å². The number of anilines is 1. The molecule has 0 bridgehead atoms. The maximum absolute atomic E-state index is 11.2. The number of ether oxygens (including phenoxy) is 1.